The minimum atomic E-state index is -0.838. The minimum absolute atomic E-state index is 0.435. The van der Waals surface area contributed by atoms with Gasteiger partial charge >= 0.3 is 5.97 Å². The van der Waals surface area contributed by atoms with E-state index in [1.807, 2.05) is 70.2 Å². The molecule has 0 radical (unpaired) electrons. The average Bonchev–Trinajstić information content (AvgIpc) is 2.59. The molecule has 0 bridgehead atoms. The number of hydrogen-bond donors (Lipinski definition) is 0. The number of hydrogen-bond acceptors (Lipinski definition) is 4. The highest BCUT2D eigenvalue weighted by molar-refractivity contribution is 9.10. The number of carbonyl (C=O) groups is 1. The maximum Gasteiger partial charge on any atom is 0.339 e. The van der Waals surface area contributed by atoms with E-state index in [-0.39, 0.29) is 0 Å². The third kappa shape index (κ3) is 5.32. The van der Waals surface area contributed by atoms with Gasteiger partial charge in [-0.1, -0.05) is 36.4 Å². The lowest BCUT2D eigenvalue weighted by Gasteiger charge is -2.28. The first-order valence-electron chi connectivity index (χ1n) is 8.44. The first kappa shape index (κ1) is 20.5. The van der Waals surface area contributed by atoms with Crippen molar-refractivity contribution < 1.29 is 19.0 Å². The van der Waals surface area contributed by atoms with Crippen LogP contribution in [0.3, 0.4) is 0 Å². The van der Waals surface area contributed by atoms with E-state index < -0.39 is 17.7 Å². The van der Waals surface area contributed by atoms with Gasteiger partial charge in [-0.2, -0.15) is 0 Å². The lowest BCUT2D eigenvalue weighted by molar-refractivity contribution is -0.164. The molecule has 26 heavy (non-hydrogen) atoms. The Kier molecular flexibility index (Phi) is 6.84. The molecule has 2 rings (SSSR count). The van der Waals surface area contributed by atoms with Crippen molar-refractivity contribution in [1.29, 1.82) is 0 Å². The van der Waals surface area contributed by atoms with Crippen molar-refractivity contribution >= 4 is 21.9 Å². The average molecular weight is 421 g/mol. The second-order valence-electron chi connectivity index (χ2n) is 7.02. The van der Waals surface area contributed by atoms with Crippen molar-refractivity contribution in [2.24, 2.45) is 0 Å². The molecule has 1 atom stereocenters. The van der Waals surface area contributed by atoms with Crippen molar-refractivity contribution in [3.8, 4) is 5.75 Å². The topological polar surface area (TPSA) is 44.8 Å². The van der Waals surface area contributed by atoms with Crippen molar-refractivity contribution in [1.82, 2.24) is 0 Å². The van der Waals surface area contributed by atoms with E-state index in [9.17, 15) is 4.79 Å². The number of halogens is 1. The van der Waals surface area contributed by atoms with Crippen LogP contribution in [0.15, 0.2) is 46.9 Å². The smallest absolute Gasteiger partial charge is 0.339 e. The van der Waals surface area contributed by atoms with E-state index in [0.29, 0.717) is 16.8 Å². The molecule has 0 fully saturated rings. The molecule has 140 valence electrons. The number of aryl methyl sites for hydroxylation is 1. The molecule has 0 saturated carbocycles. The number of esters is 1. The maximum atomic E-state index is 12.4. The zero-order valence-corrected chi connectivity index (χ0v) is 17.4. The highest BCUT2D eigenvalue weighted by Gasteiger charge is 2.31. The van der Waals surface area contributed by atoms with Gasteiger partial charge in [0.2, 0.25) is 0 Å². The minimum Gasteiger partial charge on any atom is -0.488 e. The summed E-state index contributed by atoms with van der Waals surface area (Å²) in [5.41, 5.74) is 2.20. The van der Waals surface area contributed by atoms with Crippen LogP contribution in [0.2, 0.25) is 0 Å². The summed E-state index contributed by atoms with van der Waals surface area (Å²) in [6, 6.07) is 13.7. The zero-order valence-electron chi connectivity index (χ0n) is 15.8. The predicted molar refractivity (Wildman–Crippen MR) is 105 cm³/mol. The molecule has 0 aromatic heterocycles. The van der Waals surface area contributed by atoms with Crippen LogP contribution in [0.1, 0.15) is 43.6 Å². The van der Waals surface area contributed by atoms with Crippen LogP contribution in [0, 0.1) is 6.92 Å². The summed E-state index contributed by atoms with van der Waals surface area (Å²) in [4.78, 5) is 12.4. The van der Waals surface area contributed by atoms with Crippen LogP contribution in [0.5, 0.6) is 5.75 Å². The molecule has 2 aromatic carbocycles. The van der Waals surface area contributed by atoms with Crippen molar-refractivity contribution in [2.75, 3.05) is 7.11 Å². The van der Waals surface area contributed by atoms with E-state index in [1.54, 1.807) is 0 Å². The van der Waals surface area contributed by atoms with Crippen molar-refractivity contribution in [3.05, 3.63) is 63.6 Å². The number of methoxy groups -OCH3 is 1. The van der Waals surface area contributed by atoms with Crippen LogP contribution in [-0.4, -0.2) is 18.7 Å². The van der Waals surface area contributed by atoms with Gasteiger partial charge in [0, 0.05) is 5.56 Å². The van der Waals surface area contributed by atoms with Crippen LogP contribution >= 0.6 is 15.9 Å². The van der Waals surface area contributed by atoms with Gasteiger partial charge in [-0.25, -0.2) is 4.79 Å². The van der Waals surface area contributed by atoms with Crippen LogP contribution in [0.25, 0.3) is 0 Å². The van der Waals surface area contributed by atoms with Gasteiger partial charge in [0.25, 0.3) is 0 Å². The summed E-state index contributed by atoms with van der Waals surface area (Å²) in [7, 11) is 1.36. The molecule has 0 spiro atoms. The van der Waals surface area contributed by atoms with E-state index in [4.69, 9.17) is 14.2 Å². The van der Waals surface area contributed by atoms with Gasteiger partial charge in [0.15, 0.2) is 6.10 Å². The summed E-state index contributed by atoms with van der Waals surface area (Å²) in [6.07, 6.45) is -0.838. The third-order valence-corrected chi connectivity index (χ3v) is 4.57. The summed E-state index contributed by atoms with van der Waals surface area (Å²) >= 11 is 3.60. The van der Waals surface area contributed by atoms with Crippen molar-refractivity contribution in [2.45, 2.75) is 46.0 Å². The molecular formula is C21H25BrO4. The standard InChI is InChI=1S/C21H25BrO4/c1-14-11-12-16(25-13-15-9-7-6-8-10-15)18(22)17(14)19(20(23)24-5)26-21(2,3)4/h6-12,19H,13H2,1-5H3/t19-/m0/s1. The molecule has 0 heterocycles. The van der Waals surface area contributed by atoms with Gasteiger partial charge in [-0.15, -0.1) is 0 Å². The normalized spacial score (nSPS) is 12.5. The molecule has 0 amide bonds. The van der Waals surface area contributed by atoms with Crippen LogP contribution in [-0.2, 0) is 20.9 Å². The Labute approximate surface area is 163 Å². The predicted octanol–water partition coefficient (Wildman–Crippen LogP) is 5.37. The molecule has 0 unspecified atom stereocenters. The number of rotatable bonds is 6. The fourth-order valence-corrected chi connectivity index (χ4v) is 3.29. The van der Waals surface area contributed by atoms with Crippen LogP contribution < -0.4 is 4.74 Å². The van der Waals surface area contributed by atoms with Gasteiger partial charge < -0.3 is 14.2 Å². The highest BCUT2D eigenvalue weighted by Crippen LogP contribution is 2.38. The van der Waals surface area contributed by atoms with Gasteiger partial charge in [-0.05, 0) is 60.8 Å². The maximum absolute atomic E-state index is 12.4. The van der Waals surface area contributed by atoms with Gasteiger partial charge in [0.05, 0.1) is 17.2 Å². The Morgan fingerprint density at radius 1 is 1.12 bits per heavy atom. The number of ether oxygens (including phenoxy) is 3. The molecule has 0 aliphatic rings. The fraction of sp³-hybridized carbons (Fsp3) is 0.381. The molecule has 5 heteroatoms. The molecular weight excluding hydrogens is 396 g/mol. The number of benzene rings is 2. The quantitative estimate of drug-likeness (QED) is 0.589. The lowest BCUT2D eigenvalue weighted by atomic mass is 10.0. The fourth-order valence-electron chi connectivity index (χ4n) is 2.52. The Balaban J connectivity index is 2.35. The first-order chi connectivity index (χ1) is 12.2. The molecule has 0 saturated heterocycles. The molecule has 2 aromatic rings. The van der Waals surface area contributed by atoms with E-state index >= 15 is 0 Å². The Bertz CT molecular complexity index is 751. The lowest BCUT2D eigenvalue weighted by Crippen LogP contribution is -2.29. The van der Waals surface area contributed by atoms with Gasteiger partial charge in [0.1, 0.15) is 12.4 Å². The molecule has 4 nitrogen and oxygen atoms in total. The molecule has 0 aliphatic heterocycles. The summed E-state index contributed by atoms with van der Waals surface area (Å²) < 4.78 is 17.6. The largest absolute Gasteiger partial charge is 0.488 e. The zero-order chi connectivity index (χ0) is 19.3. The molecule has 0 N–H and O–H groups in total. The monoisotopic (exact) mass is 420 g/mol. The molecule has 0 aliphatic carbocycles. The Hall–Kier alpha value is -1.85. The van der Waals surface area contributed by atoms with Gasteiger partial charge in [-0.3, -0.25) is 0 Å². The third-order valence-electron chi connectivity index (χ3n) is 3.75. The number of carbonyl (C=O) groups excluding carboxylic acids is 1. The highest BCUT2D eigenvalue weighted by atomic mass is 79.9. The van der Waals surface area contributed by atoms with Crippen LogP contribution in [0.4, 0.5) is 0 Å². The van der Waals surface area contributed by atoms with E-state index in [2.05, 4.69) is 15.9 Å². The van der Waals surface area contributed by atoms with E-state index in [0.717, 1.165) is 16.7 Å². The summed E-state index contributed by atoms with van der Waals surface area (Å²) in [5, 5.41) is 0. The Morgan fingerprint density at radius 3 is 2.35 bits per heavy atom. The van der Waals surface area contributed by atoms with Crippen molar-refractivity contribution in [3.63, 3.8) is 0 Å². The summed E-state index contributed by atoms with van der Waals surface area (Å²) in [6.45, 7) is 8.08. The second kappa shape index (κ2) is 8.69. The second-order valence-corrected chi connectivity index (χ2v) is 7.81. The Morgan fingerprint density at radius 2 is 1.77 bits per heavy atom. The van der Waals surface area contributed by atoms with E-state index in [1.165, 1.54) is 7.11 Å². The first-order valence-corrected chi connectivity index (χ1v) is 9.23. The summed E-state index contributed by atoms with van der Waals surface area (Å²) in [5.74, 6) is 0.213. The SMILES string of the molecule is COC(=O)[C@@H](OC(C)(C)C)c1c(C)ccc(OCc2ccccc2)c1Br.